The van der Waals surface area contributed by atoms with Crippen LogP contribution in [0, 0.1) is 25.7 Å². The van der Waals surface area contributed by atoms with Gasteiger partial charge < -0.3 is 19.7 Å². The van der Waals surface area contributed by atoms with E-state index in [0.29, 0.717) is 36.5 Å². The number of amides is 2. The third kappa shape index (κ3) is 4.95. The highest BCUT2D eigenvalue weighted by molar-refractivity contribution is 7.16. The summed E-state index contributed by atoms with van der Waals surface area (Å²) in [5, 5.41) is 3.31. The number of esters is 2. The molecule has 1 N–H and O–H groups in total. The Balaban J connectivity index is 1.56. The molecular formula is C20H26N2O6S. The van der Waals surface area contributed by atoms with Crippen molar-refractivity contribution in [2.45, 2.75) is 39.5 Å². The second-order valence-electron chi connectivity index (χ2n) is 7.51. The summed E-state index contributed by atoms with van der Waals surface area (Å²) in [5.41, 5.74) is 1.07. The first kappa shape index (κ1) is 21.3. The number of nitrogens with one attached hydrogen (secondary N) is 1. The first-order valence-electron chi connectivity index (χ1n) is 9.75. The molecule has 1 aliphatic heterocycles. The van der Waals surface area contributed by atoms with Gasteiger partial charge in [-0.2, -0.15) is 0 Å². The second-order valence-corrected chi connectivity index (χ2v) is 8.73. The summed E-state index contributed by atoms with van der Waals surface area (Å²) in [6, 6.07) is 0. The summed E-state index contributed by atoms with van der Waals surface area (Å²) in [7, 11) is 1.36. The van der Waals surface area contributed by atoms with Gasteiger partial charge in [0.05, 0.1) is 18.6 Å². The van der Waals surface area contributed by atoms with Crippen LogP contribution in [0.2, 0.25) is 0 Å². The molecule has 2 aliphatic rings. The Morgan fingerprint density at radius 1 is 1.07 bits per heavy atom. The smallest absolute Gasteiger partial charge is 0.341 e. The lowest BCUT2D eigenvalue weighted by Gasteiger charge is -2.30. The molecule has 0 bridgehead atoms. The number of aryl methyl sites for hydroxylation is 1. The van der Waals surface area contributed by atoms with Crippen LogP contribution in [-0.4, -0.2) is 55.5 Å². The standard InChI is InChI=1S/C20H26N2O6S/c1-11-12(2)29-18(21-17(24)13-4-5-13)16(11)20(26)28-10-15(23)22-8-6-14(7-9-22)19(25)27-3/h13-14H,4-10H2,1-3H3,(H,21,24). The molecule has 0 atom stereocenters. The summed E-state index contributed by atoms with van der Waals surface area (Å²) >= 11 is 1.34. The van der Waals surface area contributed by atoms with Crippen LogP contribution in [0.5, 0.6) is 0 Å². The van der Waals surface area contributed by atoms with E-state index in [4.69, 9.17) is 9.47 Å². The number of ether oxygens (including phenoxy) is 2. The van der Waals surface area contributed by atoms with Gasteiger partial charge in [0, 0.05) is 23.9 Å². The van der Waals surface area contributed by atoms with Crippen molar-refractivity contribution in [3.8, 4) is 0 Å². The molecule has 2 heterocycles. The van der Waals surface area contributed by atoms with Gasteiger partial charge in [0.1, 0.15) is 5.00 Å². The van der Waals surface area contributed by atoms with E-state index in [9.17, 15) is 19.2 Å². The number of piperidine rings is 1. The van der Waals surface area contributed by atoms with E-state index in [1.807, 2.05) is 6.92 Å². The van der Waals surface area contributed by atoms with Crippen LogP contribution in [0.15, 0.2) is 0 Å². The van der Waals surface area contributed by atoms with Gasteiger partial charge in [-0.15, -0.1) is 11.3 Å². The molecule has 29 heavy (non-hydrogen) atoms. The molecule has 1 saturated carbocycles. The van der Waals surface area contributed by atoms with Crippen molar-refractivity contribution in [3.63, 3.8) is 0 Å². The molecule has 0 spiro atoms. The van der Waals surface area contributed by atoms with Crippen molar-refractivity contribution < 1.29 is 28.7 Å². The second kappa shape index (κ2) is 8.94. The van der Waals surface area contributed by atoms with Crippen LogP contribution in [0.1, 0.15) is 46.5 Å². The molecule has 0 unspecified atom stereocenters. The lowest BCUT2D eigenvalue weighted by atomic mass is 9.97. The normalized spacial score (nSPS) is 17.0. The fourth-order valence-corrected chi connectivity index (χ4v) is 4.39. The molecule has 2 fully saturated rings. The van der Waals surface area contributed by atoms with Gasteiger partial charge in [0.25, 0.3) is 5.91 Å². The molecule has 0 aromatic carbocycles. The molecule has 2 amide bonds. The average Bonchev–Trinajstić information content (AvgIpc) is 3.53. The molecule has 3 rings (SSSR count). The molecule has 1 aromatic rings. The Labute approximate surface area is 173 Å². The van der Waals surface area contributed by atoms with Crippen LogP contribution >= 0.6 is 11.3 Å². The van der Waals surface area contributed by atoms with Gasteiger partial charge in [0.15, 0.2) is 6.61 Å². The largest absolute Gasteiger partial charge is 0.469 e. The summed E-state index contributed by atoms with van der Waals surface area (Å²) in [4.78, 5) is 51.2. The van der Waals surface area contributed by atoms with Crippen LogP contribution < -0.4 is 5.32 Å². The Hall–Kier alpha value is -2.42. The third-order valence-electron chi connectivity index (χ3n) is 5.48. The van der Waals surface area contributed by atoms with Crippen molar-refractivity contribution in [2.75, 3.05) is 32.1 Å². The highest BCUT2D eigenvalue weighted by Crippen LogP contribution is 2.36. The van der Waals surface area contributed by atoms with Crippen molar-refractivity contribution in [1.29, 1.82) is 0 Å². The molecule has 1 aromatic heterocycles. The van der Waals surface area contributed by atoms with E-state index in [1.165, 1.54) is 18.4 Å². The Kier molecular flexibility index (Phi) is 6.56. The zero-order valence-electron chi connectivity index (χ0n) is 16.9. The predicted molar refractivity (Wildman–Crippen MR) is 107 cm³/mol. The summed E-state index contributed by atoms with van der Waals surface area (Å²) < 4.78 is 10.0. The van der Waals surface area contributed by atoms with Gasteiger partial charge in [-0.3, -0.25) is 14.4 Å². The highest BCUT2D eigenvalue weighted by Gasteiger charge is 2.32. The zero-order valence-corrected chi connectivity index (χ0v) is 17.7. The number of carbonyl (C=O) groups excluding carboxylic acids is 4. The maximum Gasteiger partial charge on any atom is 0.341 e. The minimum absolute atomic E-state index is 0.0241. The van der Waals surface area contributed by atoms with Crippen LogP contribution in [0.3, 0.4) is 0 Å². The van der Waals surface area contributed by atoms with Crippen LogP contribution in [0.25, 0.3) is 0 Å². The molecule has 8 nitrogen and oxygen atoms in total. The first-order valence-corrected chi connectivity index (χ1v) is 10.6. The predicted octanol–water partition coefficient (Wildman–Crippen LogP) is 2.28. The summed E-state index contributed by atoms with van der Waals surface area (Å²) in [5.74, 6) is -1.42. The number of rotatable bonds is 6. The van der Waals surface area contributed by atoms with Gasteiger partial charge in [-0.05, 0) is 45.1 Å². The minimum Gasteiger partial charge on any atom is -0.469 e. The SMILES string of the molecule is COC(=O)C1CCN(C(=O)COC(=O)c2c(NC(=O)C3CC3)sc(C)c2C)CC1. The topological polar surface area (TPSA) is 102 Å². The summed E-state index contributed by atoms with van der Waals surface area (Å²) in [6.07, 6.45) is 2.81. The molecule has 158 valence electrons. The van der Waals surface area contributed by atoms with Crippen molar-refractivity contribution >= 4 is 40.1 Å². The van der Waals surface area contributed by atoms with Gasteiger partial charge >= 0.3 is 11.9 Å². The number of methoxy groups -OCH3 is 1. The van der Waals surface area contributed by atoms with Crippen molar-refractivity contribution in [3.05, 3.63) is 16.0 Å². The van der Waals surface area contributed by atoms with Crippen molar-refractivity contribution in [1.82, 2.24) is 4.90 Å². The minimum atomic E-state index is -0.615. The third-order valence-corrected chi connectivity index (χ3v) is 6.61. The molecular weight excluding hydrogens is 396 g/mol. The van der Waals surface area contributed by atoms with Gasteiger partial charge in [-0.25, -0.2) is 4.79 Å². The molecule has 1 aliphatic carbocycles. The van der Waals surface area contributed by atoms with E-state index in [2.05, 4.69) is 5.32 Å². The number of hydrogen-bond acceptors (Lipinski definition) is 7. The maximum absolute atomic E-state index is 12.6. The zero-order chi connectivity index (χ0) is 21.1. The Morgan fingerprint density at radius 2 is 1.72 bits per heavy atom. The van der Waals surface area contributed by atoms with E-state index < -0.39 is 5.97 Å². The van der Waals surface area contributed by atoms with Gasteiger partial charge in [-0.1, -0.05) is 0 Å². The number of anilines is 1. The highest BCUT2D eigenvalue weighted by atomic mass is 32.1. The van der Waals surface area contributed by atoms with Crippen LogP contribution in [0.4, 0.5) is 5.00 Å². The molecule has 1 saturated heterocycles. The fourth-order valence-electron chi connectivity index (χ4n) is 3.34. The van der Waals surface area contributed by atoms with E-state index in [0.717, 1.165) is 23.3 Å². The fraction of sp³-hybridized carbons (Fsp3) is 0.600. The quantitative estimate of drug-likeness (QED) is 0.706. The Morgan fingerprint density at radius 3 is 2.31 bits per heavy atom. The molecule has 9 heteroatoms. The van der Waals surface area contributed by atoms with E-state index >= 15 is 0 Å². The van der Waals surface area contributed by atoms with E-state index in [-0.39, 0.29) is 36.2 Å². The lowest BCUT2D eigenvalue weighted by molar-refractivity contribution is -0.149. The molecule has 0 radical (unpaired) electrons. The number of thiophene rings is 1. The summed E-state index contributed by atoms with van der Waals surface area (Å²) in [6.45, 7) is 4.16. The maximum atomic E-state index is 12.6. The van der Waals surface area contributed by atoms with Gasteiger partial charge in [0.2, 0.25) is 5.91 Å². The van der Waals surface area contributed by atoms with E-state index in [1.54, 1.807) is 11.8 Å². The average molecular weight is 423 g/mol. The van der Waals surface area contributed by atoms with Crippen LogP contribution in [-0.2, 0) is 23.9 Å². The lowest BCUT2D eigenvalue weighted by Crippen LogP contribution is -2.42. The number of nitrogens with zero attached hydrogens (tertiary/aromatic N) is 1. The number of likely N-dealkylation sites (tertiary alicyclic amines) is 1. The van der Waals surface area contributed by atoms with Crippen molar-refractivity contribution in [2.24, 2.45) is 11.8 Å². The number of carbonyl (C=O) groups is 4. The Bertz CT molecular complexity index is 821. The first-order chi connectivity index (χ1) is 13.8. The monoisotopic (exact) mass is 422 g/mol. The number of hydrogen-bond donors (Lipinski definition) is 1.